The summed E-state index contributed by atoms with van der Waals surface area (Å²) in [4.78, 5) is 27.7. The van der Waals surface area contributed by atoms with Crippen molar-refractivity contribution in [1.29, 1.82) is 0 Å². The number of benzene rings is 1. The lowest BCUT2D eigenvalue weighted by Gasteiger charge is -2.08. The second-order valence-corrected chi connectivity index (χ2v) is 6.49. The van der Waals surface area contributed by atoms with Gasteiger partial charge in [-0.1, -0.05) is 13.3 Å². The van der Waals surface area contributed by atoms with Crippen molar-refractivity contribution in [2.24, 2.45) is 5.92 Å². The van der Waals surface area contributed by atoms with Gasteiger partial charge in [0.15, 0.2) is 4.77 Å². The van der Waals surface area contributed by atoms with Crippen LogP contribution in [-0.4, -0.2) is 21.5 Å². The van der Waals surface area contributed by atoms with Crippen LogP contribution in [0.15, 0.2) is 23.0 Å². The minimum atomic E-state index is -0.122. The maximum Gasteiger partial charge on any atom is 0.262 e. The van der Waals surface area contributed by atoms with Crippen LogP contribution in [0.1, 0.15) is 43.5 Å². The summed E-state index contributed by atoms with van der Waals surface area (Å²) in [7, 11) is 0. The van der Waals surface area contributed by atoms with Gasteiger partial charge in [0, 0.05) is 18.2 Å². The first-order valence-electron chi connectivity index (χ1n) is 8.12. The fourth-order valence-electron chi connectivity index (χ4n) is 3.05. The molecule has 1 heterocycles. The number of hydrogen-bond donors (Lipinski definition) is 2. The maximum absolute atomic E-state index is 12.3. The van der Waals surface area contributed by atoms with E-state index in [1.54, 1.807) is 18.2 Å². The number of nitrogens with zero attached hydrogens (tertiary/aromatic N) is 1. The molecule has 3 rings (SSSR count). The molecule has 2 atom stereocenters. The van der Waals surface area contributed by atoms with Crippen molar-refractivity contribution in [3.05, 3.63) is 38.9 Å². The Morgan fingerprint density at radius 2 is 2.22 bits per heavy atom. The summed E-state index contributed by atoms with van der Waals surface area (Å²) in [5.74, 6) is 0.529. The fraction of sp³-hybridized carbons (Fsp3) is 0.471. The largest absolute Gasteiger partial charge is 0.349 e. The molecule has 2 aromatic rings. The summed E-state index contributed by atoms with van der Waals surface area (Å²) in [6.07, 6.45) is 3.37. The normalized spacial score (nSPS) is 19.7. The highest BCUT2D eigenvalue weighted by Crippen LogP contribution is 2.34. The number of fused-ring (bicyclic) bond motifs is 1. The molecule has 1 aliphatic carbocycles. The van der Waals surface area contributed by atoms with Gasteiger partial charge in [-0.15, -0.1) is 0 Å². The average molecular weight is 331 g/mol. The molecule has 5 nitrogen and oxygen atoms in total. The summed E-state index contributed by atoms with van der Waals surface area (Å²) in [6.45, 7) is 4.56. The Hall–Kier alpha value is -1.95. The monoisotopic (exact) mass is 331 g/mol. The Labute approximate surface area is 139 Å². The van der Waals surface area contributed by atoms with Crippen LogP contribution in [0.4, 0.5) is 0 Å². The first kappa shape index (κ1) is 15.9. The van der Waals surface area contributed by atoms with Gasteiger partial charge in [-0.05, 0) is 56.1 Å². The third-order valence-corrected chi connectivity index (χ3v) is 4.78. The molecule has 1 aromatic heterocycles. The van der Waals surface area contributed by atoms with Crippen LogP contribution in [0.2, 0.25) is 0 Å². The molecule has 23 heavy (non-hydrogen) atoms. The molecule has 0 saturated heterocycles. The number of aromatic nitrogens is 2. The molecule has 2 N–H and O–H groups in total. The van der Waals surface area contributed by atoms with Crippen molar-refractivity contribution in [3.63, 3.8) is 0 Å². The number of nitrogens with one attached hydrogen (secondary N) is 2. The minimum Gasteiger partial charge on any atom is -0.349 e. The second kappa shape index (κ2) is 6.28. The van der Waals surface area contributed by atoms with Gasteiger partial charge in [0.25, 0.3) is 11.5 Å². The highest BCUT2D eigenvalue weighted by atomic mass is 32.1. The number of rotatable bonds is 5. The highest BCUT2D eigenvalue weighted by Gasteiger charge is 2.37. The molecular weight excluding hydrogens is 310 g/mol. The van der Waals surface area contributed by atoms with E-state index >= 15 is 0 Å². The summed E-state index contributed by atoms with van der Waals surface area (Å²) in [6, 6.07) is 5.40. The van der Waals surface area contributed by atoms with Crippen LogP contribution >= 0.6 is 12.2 Å². The number of hydrogen-bond acceptors (Lipinski definition) is 3. The summed E-state index contributed by atoms with van der Waals surface area (Å²) in [5.41, 5.74) is 1.04. The molecule has 1 fully saturated rings. The maximum atomic E-state index is 12.3. The number of carbonyl (C=O) groups is 1. The van der Waals surface area contributed by atoms with Crippen LogP contribution in [0.25, 0.3) is 10.9 Å². The van der Waals surface area contributed by atoms with E-state index in [-0.39, 0.29) is 11.5 Å². The van der Waals surface area contributed by atoms with E-state index in [1.165, 1.54) is 4.57 Å². The Bertz CT molecular complexity index is 868. The van der Waals surface area contributed by atoms with E-state index in [0.29, 0.717) is 39.7 Å². The molecule has 2 unspecified atom stereocenters. The fourth-order valence-corrected chi connectivity index (χ4v) is 3.37. The molecule has 0 bridgehead atoms. The third-order valence-electron chi connectivity index (χ3n) is 4.46. The lowest BCUT2D eigenvalue weighted by Crippen LogP contribution is -2.27. The summed E-state index contributed by atoms with van der Waals surface area (Å²) in [5, 5.41) is 3.61. The lowest BCUT2D eigenvalue weighted by molar-refractivity contribution is 0.0949. The SMILES string of the molecule is CCCC1CC1NC(=O)c1ccc2c(=O)n(CC)c(=S)[nH]c2c1. The van der Waals surface area contributed by atoms with Gasteiger partial charge in [-0.2, -0.15) is 0 Å². The number of carbonyl (C=O) groups excluding carboxylic acids is 1. The van der Waals surface area contributed by atoms with E-state index in [9.17, 15) is 9.59 Å². The predicted molar refractivity (Wildman–Crippen MR) is 93.3 cm³/mol. The molecule has 0 spiro atoms. The standard InChI is InChI=1S/C17H21N3O2S/c1-3-5-10-8-13(10)18-15(21)11-6-7-12-14(9-11)19-17(23)20(4-2)16(12)22/h6-7,9-10,13H,3-5,8H2,1-2H3,(H,18,21)(H,19,23). The second-order valence-electron chi connectivity index (χ2n) is 6.10. The minimum absolute atomic E-state index is 0.0884. The van der Waals surface area contributed by atoms with Crippen molar-refractivity contribution in [2.75, 3.05) is 0 Å². The van der Waals surface area contributed by atoms with Crippen molar-refractivity contribution >= 4 is 29.0 Å². The molecule has 1 aliphatic rings. The number of aromatic amines is 1. The van der Waals surface area contributed by atoms with E-state index in [2.05, 4.69) is 17.2 Å². The van der Waals surface area contributed by atoms with Crippen LogP contribution in [0.3, 0.4) is 0 Å². The number of amides is 1. The third kappa shape index (κ3) is 3.08. The molecule has 1 amide bonds. The summed E-state index contributed by atoms with van der Waals surface area (Å²) >= 11 is 5.21. The summed E-state index contributed by atoms with van der Waals surface area (Å²) < 4.78 is 1.89. The van der Waals surface area contributed by atoms with Gasteiger partial charge in [0.05, 0.1) is 10.9 Å². The van der Waals surface area contributed by atoms with Gasteiger partial charge in [0.1, 0.15) is 0 Å². The zero-order valence-electron chi connectivity index (χ0n) is 13.4. The van der Waals surface area contributed by atoms with Gasteiger partial charge in [-0.25, -0.2) is 0 Å². The lowest BCUT2D eigenvalue weighted by atomic mass is 10.1. The molecule has 1 aromatic carbocycles. The Morgan fingerprint density at radius 3 is 2.91 bits per heavy atom. The molecule has 0 aliphatic heterocycles. The highest BCUT2D eigenvalue weighted by molar-refractivity contribution is 7.71. The van der Waals surface area contributed by atoms with E-state index in [1.807, 2.05) is 6.92 Å². The van der Waals surface area contributed by atoms with Crippen molar-refractivity contribution in [2.45, 2.75) is 45.7 Å². The molecular formula is C17H21N3O2S. The molecule has 0 radical (unpaired) electrons. The topological polar surface area (TPSA) is 66.9 Å². The Morgan fingerprint density at radius 1 is 1.43 bits per heavy atom. The predicted octanol–water partition coefficient (Wildman–Crippen LogP) is 3.00. The first-order chi connectivity index (χ1) is 11.0. The average Bonchev–Trinajstić information content (AvgIpc) is 3.25. The van der Waals surface area contributed by atoms with E-state index < -0.39 is 0 Å². The molecule has 6 heteroatoms. The van der Waals surface area contributed by atoms with E-state index in [0.717, 1.165) is 19.3 Å². The van der Waals surface area contributed by atoms with Gasteiger partial charge in [0.2, 0.25) is 0 Å². The van der Waals surface area contributed by atoms with Gasteiger partial charge in [-0.3, -0.25) is 14.2 Å². The van der Waals surface area contributed by atoms with Crippen LogP contribution in [0, 0.1) is 10.7 Å². The number of H-pyrrole nitrogens is 1. The van der Waals surface area contributed by atoms with Gasteiger partial charge >= 0.3 is 0 Å². The van der Waals surface area contributed by atoms with Gasteiger partial charge < -0.3 is 10.3 Å². The Kier molecular flexibility index (Phi) is 4.35. The van der Waals surface area contributed by atoms with Crippen LogP contribution in [-0.2, 0) is 6.54 Å². The quantitative estimate of drug-likeness (QED) is 0.828. The van der Waals surface area contributed by atoms with Crippen molar-refractivity contribution in [3.8, 4) is 0 Å². The first-order valence-corrected chi connectivity index (χ1v) is 8.53. The zero-order valence-corrected chi connectivity index (χ0v) is 14.2. The Balaban J connectivity index is 1.87. The van der Waals surface area contributed by atoms with Crippen molar-refractivity contribution < 1.29 is 4.79 Å². The molecule has 1 saturated carbocycles. The smallest absolute Gasteiger partial charge is 0.262 e. The van der Waals surface area contributed by atoms with Crippen LogP contribution in [0.5, 0.6) is 0 Å². The van der Waals surface area contributed by atoms with Crippen LogP contribution < -0.4 is 10.9 Å². The zero-order chi connectivity index (χ0) is 16.6. The van der Waals surface area contributed by atoms with E-state index in [4.69, 9.17) is 12.2 Å². The molecule has 122 valence electrons. The van der Waals surface area contributed by atoms with Crippen molar-refractivity contribution in [1.82, 2.24) is 14.9 Å².